The highest BCUT2D eigenvalue weighted by atomic mass is 16.1. The zero-order valence-electron chi connectivity index (χ0n) is 14.5. The number of piperidine rings is 1. The van der Waals surface area contributed by atoms with Crippen LogP contribution < -0.4 is 10.2 Å². The van der Waals surface area contributed by atoms with Crippen molar-refractivity contribution in [2.45, 2.75) is 33.6 Å². The van der Waals surface area contributed by atoms with Gasteiger partial charge in [0.1, 0.15) is 0 Å². The predicted octanol–water partition coefficient (Wildman–Crippen LogP) is 3.26. The Morgan fingerprint density at radius 3 is 2.54 bits per heavy atom. The Morgan fingerprint density at radius 2 is 1.88 bits per heavy atom. The number of rotatable bonds is 3. The second-order valence-electron chi connectivity index (χ2n) is 6.55. The van der Waals surface area contributed by atoms with E-state index < -0.39 is 0 Å². The van der Waals surface area contributed by atoms with Gasteiger partial charge in [-0.2, -0.15) is 0 Å². The highest BCUT2D eigenvalue weighted by molar-refractivity contribution is 5.92. The van der Waals surface area contributed by atoms with E-state index in [9.17, 15) is 4.79 Å². The molecule has 1 aromatic carbocycles. The Bertz CT molecular complexity index is 736. The molecule has 0 radical (unpaired) electrons. The van der Waals surface area contributed by atoms with Crippen molar-refractivity contribution < 1.29 is 4.79 Å². The maximum atomic E-state index is 12.5. The monoisotopic (exact) mass is 324 g/mol. The minimum absolute atomic E-state index is 0.0488. The highest BCUT2D eigenvalue weighted by Gasteiger charge is 2.26. The molecule has 24 heavy (non-hydrogen) atoms. The number of carbonyl (C=O) groups is 1. The van der Waals surface area contributed by atoms with Crippen LogP contribution in [0, 0.1) is 26.7 Å². The second kappa shape index (κ2) is 6.99. The van der Waals surface area contributed by atoms with Crippen molar-refractivity contribution >= 4 is 17.5 Å². The molecule has 0 aliphatic carbocycles. The van der Waals surface area contributed by atoms with Gasteiger partial charge in [-0.3, -0.25) is 4.79 Å². The summed E-state index contributed by atoms with van der Waals surface area (Å²) in [6.45, 7) is 7.73. The summed E-state index contributed by atoms with van der Waals surface area (Å²) in [6, 6.07) is 7.94. The van der Waals surface area contributed by atoms with E-state index in [1.165, 1.54) is 11.1 Å². The number of carbonyl (C=O) groups excluding carboxylic acids is 1. The molecule has 2 heterocycles. The first-order valence-corrected chi connectivity index (χ1v) is 8.45. The largest absolute Gasteiger partial charge is 0.341 e. The highest BCUT2D eigenvalue weighted by Crippen LogP contribution is 2.23. The molecule has 2 aromatic rings. The molecule has 0 unspecified atom stereocenters. The first-order chi connectivity index (χ1) is 11.5. The fourth-order valence-electron chi connectivity index (χ4n) is 2.99. The van der Waals surface area contributed by atoms with Crippen molar-refractivity contribution in [1.82, 2.24) is 9.97 Å². The van der Waals surface area contributed by atoms with E-state index in [2.05, 4.69) is 34.0 Å². The van der Waals surface area contributed by atoms with E-state index in [1.54, 1.807) is 6.20 Å². The maximum Gasteiger partial charge on any atom is 0.227 e. The summed E-state index contributed by atoms with van der Waals surface area (Å²) in [7, 11) is 0. The number of anilines is 2. The summed E-state index contributed by atoms with van der Waals surface area (Å²) in [5.74, 6) is 0.929. The number of nitrogens with one attached hydrogen (secondary N) is 1. The minimum Gasteiger partial charge on any atom is -0.341 e. The normalized spacial score (nSPS) is 15.4. The molecule has 0 bridgehead atoms. The number of amides is 1. The third kappa shape index (κ3) is 3.72. The first kappa shape index (κ1) is 16.4. The number of nitrogens with zero attached hydrogens (tertiary/aromatic N) is 3. The van der Waals surface area contributed by atoms with Crippen LogP contribution in [0.3, 0.4) is 0 Å². The molecule has 5 heteroatoms. The van der Waals surface area contributed by atoms with E-state index in [-0.39, 0.29) is 11.8 Å². The van der Waals surface area contributed by atoms with Gasteiger partial charge >= 0.3 is 0 Å². The zero-order chi connectivity index (χ0) is 17.1. The fourth-order valence-corrected chi connectivity index (χ4v) is 2.99. The first-order valence-electron chi connectivity index (χ1n) is 8.45. The lowest BCUT2D eigenvalue weighted by Gasteiger charge is -2.31. The molecular weight excluding hydrogens is 300 g/mol. The molecule has 1 saturated heterocycles. The third-order valence-corrected chi connectivity index (χ3v) is 4.71. The van der Waals surface area contributed by atoms with Crippen LogP contribution in [0.1, 0.15) is 29.7 Å². The second-order valence-corrected chi connectivity index (χ2v) is 6.55. The molecule has 126 valence electrons. The Morgan fingerprint density at radius 1 is 1.12 bits per heavy atom. The van der Waals surface area contributed by atoms with Gasteiger partial charge in [0.05, 0.1) is 0 Å². The van der Waals surface area contributed by atoms with Crippen molar-refractivity contribution in [3.63, 3.8) is 0 Å². The summed E-state index contributed by atoms with van der Waals surface area (Å²) in [4.78, 5) is 23.5. The minimum atomic E-state index is 0.0488. The van der Waals surface area contributed by atoms with Gasteiger partial charge in [-0.25, -0.2) is 9.97 Å². The van der Waals surface area contributed by atoms with Crippen molar-refractivity contribution in [3.05, 3.63) is 47.3 Å². The Balaban J connectivity index is 1.58. The van der Waals surface area contributed by atoms with E-state index in [0.717, 1.165) is 43.3 Å². The van der Waals surface area contributed by atoms with Crippen LogP contribution in [0.4, 0.5) is 11.6 Å². The van der Waals surface area contributed by atoms with Crippen molar-refractivity contribution in [2.24, 2.45) is 5.92 Å². The number of aryl methyl sites for hydroxylation is 3. The van der Waals surface area contributed by atoms with Crippen LogP contribution in [-0.2, 0) is 4.79 Å². The number of benzene rings is 1. The maximum absolute atomic E-state index is 12.5. The lowest BCUT2D eigenvalue weighted by Crippen LogP contribution is -2.39. The zero-order valence-corrected chi connectivity index (χ0v) is 14.5. The van der Waals surface area contributed by atoms with Crippen LogP contribution in [-0.4, -0.2) is 29.0 Å². The van der Waals surface area contributed by atoms with Gasteiger partial charge in [-0.15, -0.1) is 0 Å². The van der Waals surface area contributed by atoms with E-state index >= 15 is 0 Å². The van der Waals surface area contributed by atoms with Gasteiger partial charge in [0.2, 0.25) is 11.9 Å². The molecule has 1 aliphatic rings. The summed E-state index contributed by atoms with van der Waals surface area (Å²) in [5, 5.41) is 3.05. The van der Waals surface area contributed by atoms with E-state index in [1.807, 2.05) is 31.2 Å². The average Bonchev–Trinajstić information content (AvgIpc) is 2.58. The lowest BCUT2D eigenvalue weighted by molar-refractivity contribution is -0.120. The molecule has 1 aliphatic heterocycles. The van der Waals surface area contributed by atoms with Gasteiger partial charge in [0, 0.05) is 36.6 Å². The van der Waals surface area contributed by atoms with Crippen LogP contribution in [0.15, 0.2) is 30.5 Å². The summed E-state index contributed by atoms with van der Waals surface area (Å²) in [5.41, 5.74) is 4.28. The van der Waals surface area contributed by atoms with Crippen molar-refractivity contribution in [3.8, 4) is 0 Å². The Labute approximate surface area is 143 Å². The number of aromatic nitrogens is 2. The summed E-state index contributed by atoms with van der Waals surface area (Å²) < 4.78 is 0. The molecule has 1 fully saturated rings. The molecule has 0 atom stereocenters. The molecule has 0 saturated carbocycles. The predicted molar refractivity (Wildman–Crippen MR) is 96.3 cm³/mol. The van der Waals surface area contributed by atoms with Gasteiger partial charge < -0.3 is 10.2 Å². The van der Waals surface area contributed by atoms with Crippen molar-refractivity contribution in [2.75, 3.05) is 23.3 Å². The van der Waals surface area contributed by atoms with E-state index in [4.69, 9.17) is 0 Å². The SMILES string of the molecule is Cc1ccnc(N2CCC(C(=O)Nc3ccc(C)c(C)c3)CC2)n1. The topological polar surface area (TPSA) is 58.1 Å². The summed E-state index contributed by atoms with van der Waals surface area (Å²) in [6.07, 6.45) is 3.44. The lowest BCUT2D eigenvalue weighted by atomic mass is 9.96. The van der Waals surface area contributed by atoms with Crippen LogP contribution >= 0.6 is 0 Å². The van der Waals surface area contributed by atoms with Crippen LogP contribution in [0.25, 0.3) is 0 Å². The van der Waals surface area contributed by atoms with Crippen LogP contribution in [0.5, 0.6) is 0 Å². The quantitative estimate of drug-likeness (QED) is 0.941. The fraction of sp³-hybridized carbons (Fsp3) is 0.421. The number of hydrogen-bond donors (Lipinski definition) is 1. The average molecular weight is 324 g/mol. The molecule has 3 rings (SSSR count). The van der Waals surface area contributed by atoms with Crippen molar-refractivity contribution in [1.29, 1.82) is 0 Å². The number of hydrogen-bond acceptors (Lipinski definition) is 4. The third-order valence-electron chi connectivity index (χ3n) is 4.71. The molecule has 0 spiro atoms. The Hall–Kier alpha value is -2.43. The standard InChI is InChI=1S/C19H24N4O/c1-13-4-5-17(12-14(13)2)22-18(24)16-7-10-23(11-8-16)19-20-9-6-15(3)21-19/h4-6,9,12,16H,7-8,10-11H2,1-3H3,(H,22,24). The molecule has 1 aromatic heterocycles. The smallest absolute Gasteiger partial charge is 0.227 e. The molecule has 1 N–H and O–H groups in total. The molecule has 5 nitrogen and oxygen atoms in total. The van der Waals surface area contributed by atoms with Gasteiger partial charge in [0.25, 0.3) is 0 Å². The molecule has 1 amide bonds. The van der Waals surface area contributed by atoms with Gasteiger partial charge in [-0.1, -0.05) is 6.07 Å². The van der Waals surface area contributed by atoms with Gasteiger partial charge in [-0.05, 0) is 62.9 Å². The summed E-state index contributed by atoms with van der Waals surface area (Å²) >= 11 is 0. The van der Waals surface area contributed by atoms with Gasteiger partial charge in [0.15, 0.2) is 0 Å². The van der Waals surface area contributed by atoms with E-state index in [0.29, 0.717) is 0 Å². The Kier molecular flexibility index (Phi) is 4.79. The van der Waals surface area contributed by atoms with Crippen LogP contribution in [0.2, 0.25) is 0 Å². The molecular formula is C19H24N4O.